The molecule has 0 bridgehead atoms. The predicted molar refractivity (Wildman–Crippen MR) is 63.3 cm³/mol. The lowest BCUT2D eigenvalue weighted by Gasteiger charge is -2.06. The standard InChI is InChI=1S/C12H17N3O/c1-9-3-4-15-11(7-13-6-10(2)16)8-14-12(15)5-9/h3-5,8,10,13,16H,6-7H2,1-2H3/t10-/m0/s1. The summed E-state index contributed by atoms with van der Waals surface area (Å²) in [4.78, 5) is 4.34. The fourth-order valence-corrected chi connectivity index (χ4v) is 1.67. The van der Waals surface area contributed by atoms with E-state index in [1.165, 1.54) is 5.56 Å². The number of rotatable bonds is 4. The van der Waals surface area contributed by atoms with Gasteiger partial charge in [-0.15, -0.1) is 0 Å². The van der Waals surface area contributed by atoms with Crippen molar-refractivity contribution >= 4 is 5.65 Å². The molecule has 0 saturated carbocycles. The van der Waals surface area contributed by atoms with Crippen LogP contribution in [-0.2, 0) is 6.54 Å². The number of aryl methyl sites for hydroxylation is 1. The van der Waals surface area contributed by atoms with Gasteiger partial charge < -0.3 is 14.8 Å². The number of aliphatic hydroxyl groups excluding tert-OH is 1. The highest BCUT2D eigenvalue weighted by atomic mass is 16.3. The number of imidazole rings is 1. The van der Waals surface area contributed by atoms with Crippen LogP contribution in [0.25, 0.3) is 5.65 Å². The van der Waals surface area contributed by atoms with Crippen molar-refractivity contribution in [1.82, 2.24) is 14.7 Å². The van der Waals surface area contributed by atoms with E-state index >= 15 is 0 Å². The molecule has 2 heterocycles. The van der Waals surface area contributed by atoms with Crippen LogP contribution >= 0.6 is 0 Å². The SMILES string of the molecule is Cc1ccn2c(CNC[C@H](C)O)cnc2c1. The molecule has 2 aromatic heterocycles. The van der Waals surface area contributed by atoms with Gasteiger partial charge in [-0.25, -0.2) is 4.98 Å². The van der Waals surface area contributed by atoms with Gasteiger partial charge in [-0.05, 0) is 31.5 Å². The van der Waals surface area contributed by atoms with Crippen LogP contribution in [0.3, 0.4) is 0 Å². The highest BCUT2D eigenvalue weighted by molar-refractivity contribution is 5.42. The van der Waals surface area contributed by atoms with Crippen LogP contribution in [0.4, 0.5) is 0 Å². The van der Waals surface area contributed by atoms with E-state index in [1.54, 1.807) is 6.92 Å². The van der Waals surface area contributed by atoms with Crippen LogP contribution < -0.4 is 5.32 Å². The van der Waals surface area contributed by atoms with Crippen molar-refractivity contribution in [2.24, 2.45) is 0 Å². The van der Waals surface area contributed by atoms with Crippen molar-refractivity contribution in [2.75, 3.05) is 6.54 Å². The van der Waals surface area contributed by atoms with Gasteiger partial charge in [-0.1, -0.05) is 0 Å². The Labute approximate surface area is 94.9 Å². The Bertz CT molecular complexity index is 476. The molecule has 1 atom stereocenters. The molecule has 0 unspecified atom stereocenters. The van der Waals surface area contributed by atoms with Crippen molar-refractivity contribution in [3.63, 3.8) is 0 Å². The summed E-state index contributed by atoms with van der Waals surface area (Å²) in [6.45, 7) is 5.14. The van der Waals surface area contributed by atoms with Crippen LogP contribution in [0.5, 0.6) is 0 Å². The number of hydrogen-bond donors (Lipinski definition) is 2. The number of fused-ring (bicyclic) bond motifs is 1. The number of aliphatic hydroxyl groups is 1. The smallest absolute Gasteiger partial charge is 0.137 e. The molecule has 0 radical (unpaired) electrons. The molecule has 0 aromatic carbocycles. The maximum Gasteiger partial charge on any atom is 0.137 e. The largest absolute Gasteiger partial charge is 0.392 e. The van der Waals surface area contributed by atoms with Crippen LogP contribution in [0.1, 0.15) is 18.2 Å². The average molecular weight is 219 g/mol. The topological polar surface area (TPSA) is 49.6 Å². The van der Waals surface area contributed by atoms with E-state index in [1.807, 2.05) is 12.4 Å². The summed E-state index contributed by atoms with van der Waals surface area (Å²) in [5.41, 5.74) is 3.28. The molecule has 4 nitrogen and oxygen atoms in total. The first kappa shape index (κ1) is 11.1. The Morgan fingerprint density at radius 1 is 1.56 bits per heavy atom. The lowest BCUT2D eigenvalue weighted by molar-refractivity contribution is 0.191. The quantitative estimate of drug-likeness (QED) is 0.810. The maximum absolute atomic E-state index is 9.15. The number of pyridine rings is 1. The normalized spacial score (nSPS) is 13.2. The van der Waals surface area contributed by atoms with Gasteiger partial charge in [0.1, 0.15) is 5.65 Å². The summed E-state index contributed by atoms with van der Waals surface area (Å²) >= 11 is 0. The van der Waals surface area contributed by atoms with Crippen LogP contribution in [0.2, 0.25) is 0 Å². The molecule has 0 aliphatic rings. The summed E-state index contributed by atoms with van der Waals surface area (Å²) in [7, 11) is 0. The number of hydrogen-bond acceptors (Lipinski definition) is 3. The zero-order chi connectivity index (χ0) is 11.5. The van der Waals surface area contributed by atoms with E-state index in [9.17, 15) is 0 Å². The van der Waals surface area contributed by atoms with Crippen molar-refractivity contribution in [1.29, 1.82) is 0 Å². The second-order valence-electron chi connectivity index (χ2n) is 4.16. The highest BCUT2D eigenvalue weighted by Crippen LogP contribution is 2.08. The Morgan fingerprint density at radius 3 is 3.12 bits per heavy atom. The fraction of sp³-hybridized carbons (Fsp3) is 0.417. The second kappa shape index (κ2) is 4.63. The molecule has 0 saturated heterocycles. The predicted octanol–water partition coefficient (Wildman–Crippen LogP) is 1.11. The lowest BCUT2D eigenvalue weighted by atomic mass is 10.3. The number of nitrogens with zero attached hydrogens (tertiary/aromatic N) is 2. The molecule has 0 fully saturated rings. The van der Waals surface area contributed by atoms with Crippen molar-refractivity contribution in [3.8, 4) is 0 Å². The summed E-state index contributed by atoms with van der Waals surface area (Å²) in [5.74, 6) is 0. The monoisotopic (exact) mass is 219 g/mol. The third kappa shape index (κ3) is 2.40. The Morgan fingerprint density at radius 2 is 2.38 bits per heavy atom. The van der Waals surface area contributed by atoms with Crippen LogP contribution in [0.15, 0.2) is 24.5 Å². The van der Waals surface area contributed by atoms with Crippen LogP contribution in [0, 0.1) is 6.92 Å². The molecule has 2 rings (SSSR count). The molecule has 0 aliphatic carbocycles. The molecule has 4 heteroatoms. The molecular weight excluding hydrogens is 202 g/mol. The first-order chi connectivity index (χ1) is 7.66. The van der Waals surface area contributed by atoms with E-state index in [-0.39, 0.29) is 6.10 Å². The lowest BCUT2D eigenvalue weighted by Crippen LogP contribution is -2.24. The maximum atomic E-state index is 9.15. The Balaban J connectivity index is 2.13. The first-order valence-corrected chi connectivity index (χ1v) is 5.48. The first-order valence-electron chi connectivity index (χ1n) is 5.48. The van der Waals surface area contributed by atoms with Gasteiger partial charge in [0.2, 0.25) is 0 Å². The van der Waals surface area contributed by atoms with Crippen molar-refractivity contribution in [3.05, 3.63) is 35.8 Å². The number of nitrogens with one attached hydrogen (secondary N) is 1. The molecule has 16 heavy (non-hydrogen) atoms. The van der Waals surface area contributed by atoms with E-state index in [4.69, 9.17) is 5.11 Å². The third-order valence-corrected chi connectivity index (χ3v) is 2.49. The van der Waals surface area contributed by atoms with E-state index in [0.717, 1.165) is 17.9 Å². The Kier molecular flexibility index (Phi) is 3.22. The van der Waals surface area contributed by atoms with E-state index in [0.29, 0.717) is 6.54 Å². The highest BCUT2D eigenvalue weighted by Gasteiger charge is 2.03. The summed E-state index contributed by atoms with van der Waals surface area (Å²) in [6, 6.07) is 4.12. The van der Waals surface area contributed by atoms with Gasteiger partial charge in [0.15, 0.2) is 0 Å². The minimum Gasteiger partial charge on any atom is -0.392 e. The average Bonchev–Trinajstić information content (AvgIpc) is 2.60. The Hall–Kier alpha value is -1.39. The van der Waals surface area contributed by atoms with Crippen molar-refractivity contribution < 1.29 is 5.11 Å². The van der Waals surface area contributed by atoms with E-state index in [2.05, 4.69) is 33.8 Å². The summed E-state index contributed by atoms with van der Waals surface area (Å²) < 4.78 is 2.06. The molecule has 86 valence electrons. The molecule has 0 amide bonds. The summed E-state index contributed by atoms with van der Waals surface area (Å²) in [5, 5.41) is 12.3. The van der Waals surface area contributed by atoms with Crippen molar-refractivity contribution in [2.45, 2.75) is 26.5 Å². The fourth-order valence-electron chi connectivity index (χ4n) is 1.67. The molecular formula is C12H17N3O. The molecule has 2 aromatic rings. The van der Waals surface area contributed by atoms with Gasteiger partial charge >= 0.3 is 0 Å². The zero-order valence-corrected chi connectivity index (χ0v) is 9.64. The van der Waals surface area contributed by atoms with Gasteiger partial charge in [0.05, 0.1) is 18.0 Å². The van der Waals surface area contributed by atoms with Gasteiger partial charge in [0, 0.05) is 19.3 Å². The summed E-state index contributed by atoms with van der Waals surface area (Å²) in [6.07, 6.45) is 3.57. The van der Waals surface area contributed by atoms with E-state index < -0.39 is 0 Å². The minimum atomic E-state index is -0.318. The van der Waals surface area contributed by atoms with Gasteiger partial charge in [0.25, 0.3) is 0 Å². The van der Waals surface area contributed by atoms with Gasteiger partial charge in [-0.2, -0.15) is 0 Å². The third-order valence-electron chi connectivity index (χ3n) is 2.49. The zero-order valence-electron chi connectivity index (χ0n) is 9.64. The molecule has 2 N–H and O–H groups in total. The van der Waals surface area contributed by atoms with Gasteiger partial charge in [-0.3, -0.25) is 0 Å². The number of aromatic nitrogens is 2. The minimum absolute atomic E-state index is 0.318. The van der Waals surface area contributed by atoms with Crippen LogP contribution in [-0.4, -0.2) is 27.1 Å². The second-order valence-corrected chi connectivity index (χ2v) is 4.16. The molecule has 0 spiro atoms. The molecule has 0 aliphatic heterocycles.